The van der Waals surface area contributed by atoms with Crippen LogP contribution < -0.4 is 5.32 Å². The summed E-state index contributed by atoms with van der Waals surface area (Å²) < 4.78 is 22.9. The van der Waals surface area contributed by atoms with E-state index in [2.05, 4.69) is 10.3 Å². The van der Waals surface area contributed by atoms with E-state index in [9.17, 15) is 13.2 Å². The van der Waals surface area contributed by atoms with Gasteiger partial charge >= 0.3 is 0 Å². The zero-order valence-corrected chi connectivity index (χ0v) is 10.8. The minimum Gasteiger partial charge on any atom is -0.352 e. The maximum atomic E-state index is 11.9. The first-order valence-electron chi connectivity index (χ1n) is 5.94. The summed E-state index contributed by atoms with van der Waals surface area (Å²) in [6, 6.07) is 3.63. The highest BCUT2D eigenvalue weighted by Crippen LogP contribution is 2.18. The summed E-state index contributed by atoms with van der Waals surface area (Å²) in [7, 11) is -3.03. The van der Waals surface area contributed by atoms with Gasteiger partial charge in [0.15, 0.2) is 9.84 Å². The van der Waals surface area contributed by atoms with Crippen LogP contribution in [0.5, 0.6) is 0 Å². The molecule has 1 aromatic rings. The molecule has 98 valence electrons. The smallest absolute Gasteiger partial charge is 0.224 e. The van der Waals surface area contributed by atoms with Gasteiger partial charge in [-0.05, 0) is 30.5 Å². The van der Waals surface area contributed by atoms with Gasteiger partial charge < -0.3 is 5.32 Å². The highest BCUT2D eigenvalue weighted by Gasteiger charge is 2.29. The summed E-state index contributed by atoms with van der Waals surface area (Å²) in [6.45, 7) is 0.415. The van der Waals surface area contributed by atoms with Gasteiger partial charge in [-0.15, -0.1) is 0 Å². The SMILES string of the molecule is O=C(NCc1ccncc1)C1CCCS(=O)(=O)C1. The van der Waals surface area contributed by atoms with E-state index in [1.54, 1.807) is 12.4 Å². The van der Waals surface area contributed by atoms with Crippen LogP contribution in [0.1, 0.15) is 18.4 Å². The highest BCUT2D eigenvalue weighted by molar-refractivity contribution is 7.91. The van der Waals surface area contributed by atoms with Crippen molar-refractivity contribution in [2.45, 2.75) is 19.4 Å². The van der Waals surface area contributed by atoms with E-state index in [0.717, 1.165) is 5.56 Å². The number of hydrogen-bond donors (Lipinski definition) is 1. The molecule has 0 aliphatic carbocycles. The number of carbonyl (C=O) groups is 1. The van der Waals surface area contributed by atoms with Crippen LogP contribution in [-0.4, -0.2) is 30.8 Å². The van der Waals surface area contributed by atoms with E-state index in [0.29, 0.717) is 19.4 Å². The zero-order valence-electron chi connectivity index (χ0n) is 10.0. The molecule has 0 radical (unpaired) electrons. The minimum atomic E-state index is -3.03. The average Bonchev–Trinajstić information content (AvgIpc) is 2.36. The molecule has 2 rings (SSSR count). The quantitative estimate of drug-likeness (QED) is 0.867. The predicted molar refractivity (Wildman–Crippen MR) is 67.5 cm³/mol. The first-order valence-corrected chi connectivity index (χ1v) is 7.76. The van der Waals surface area contributed by atoms with Gasteiger partial charge in [0.25, 0.3) is 0 Å². The molecule has 0 saturated carbocycles. The zero-order chi connectivity index (χ0) is 13.0. The van der Waals surface area contributed by atoms with Crippen LogP contribution in [0.25, 0.3) is 0 Å². The first kappa shape index (κ1) is 13.0. The van der Waals surface area contributed by atoms with Crippen LogP contribution >= 0.6 is 0 Å². The third-order valence-corrected chi connectivity index (χ3v) is 4.87. The molecule has 1 N–H and O–H groups in total. The van der Waals surface area contributed by atoms with Crippen LogP contribution in [0.4, 0.5) is 0 Å². The fraction of sp³-hybridized carbons (Fsp3) is 0.500. The Balaban J connectivity index is 1.89. The van der Waals surface area contributed by atoms with Crippen LogP contribution in [0.3, 0.4) is 0 Å². The number of carbonyl (C=O) groups excluding carboxylic acids is 1. The van der Waals surface area contributed by atoms with E-state index >= 15 is 0 Å². The fourth-order valence-corrected chi connectivity index (χ4v) is 3.77. The van der Waals surface area contributed by atoms with Crippen molar-refractivity contribution in [3.8, 4) is 0 Å². The van der Waals surface area contributed by atoms with Crippen LogP contribution in [0, 0.1) is 5.92 Å². The Kier molecular flexibility index (Phi) is 3.96. The van der Waals surface area contributed by atoms with Gasteiger partial charge in [-0.3, -0.25) is 9.78 Å². The van der Waals surface area contributed by atoms with Crippen molar-refractivity contribution in [1.82, 2.24) is 10.3 Å². The highest BCUT2D eigenvalue weighted by atomic mass is 32.2. The Morgan fingerprint density at radius 1 is 1.39 bits per heavy atom. The monoisotopic (exact) mass is 268 g/mol. The third-order valence-electron chi connectivity index (χ3n) is 3.05. The Morgan fingerprint density at radius 2 is 2.11 bits per heavy atom. The molecule has 1 unspecified atom stereocenters. The largest absolute Gasteiger partial charge is 0.352 e. The minimum absolute atomic E-state index is 0.0187. The Morgan fingerprint density at radius 3 is 2.78 bits per heavy atom. The predicted octanol–water partition coefficient (Wildman–Crippen LogP) is 0.523. The molecule has 5 nitrogen and oxygen atoms in total. The fourth-order valence-electron chi connectivity index (χ4n) is 2.06. The first-order chi connectivity index (χ1) is 8.57. The Labute approximate surface area is 107 Å². The van der Waals surface area contributed by atoms with Gasteiger partial charge in [-0.2, -0.15) is 0 Å². The van der Waals surface area contributed by atoms with E-state index in [1.807, 2.05) is 12.1 Å². The molecular formula is C12H16N2O3S. The normalized spacial score (nSPS) is 22.3. The molecule has 1 aliphatic rings. The molecular weight excluding hydrogens is 252 g/mol. The molecule has 2 heterocycles. The van der Waals surface area contributed by atoms with Crippen molar-refractivity contribution < 1.29 is 13.2 Å². The number of hydrogen-bond acceptors (Lipinski definition) is 4. The van der Waals surface area contributed by atoms with Gasteiger partial charge in [0.05, 0.1) is 17.4 Å². The van der Waals surface area contributed by atoms with Crippen molar-refractivity contribution in [2.24, 2.45) is 5.92 Å². The lowest BCUT2D eigenvalue weighted by molar-refractivity contribution is -0.124. The lowest BCUT2D eigenvalue weighted by atomic mass is 10.0. The molecule has 0 spiro atoms. The van der Waals surface area contributed by atoms with E-state index in [-0.39, 0.29) is 17.4 Å². The molecule has 1 aromatic heterocycles. The Hall–Kier alpha value is -1.43. The van der Waals surface area contributed by atoms with E-state index < -0.39 is 15.8 Å². The molecule has 18 heavy (non-hydrogen) atoms. The van der Waals surface area contributed by atoms with Crippen LogP contribution in [0.2, 0.25) is 0 Å². The second kappa shape index (κ2) is 5.48. The van der Waals surface area contributed by atoms with E-state index in [4.69, 9.17) is 0 Å². The topological polar surface area (TPSA) is 76.1 Å². The van der Waals surface area contributed by atoms with Crippen molar-refractivity contribution >= 4 is 15.7 Å². The van der Waals surface area contributed by atoms with Gasteiger partial charge in [-0.1, -0.05) is 0 Å². The van der Waals surface area contributed by atoms with Gasteiger partial charge in [0, 0.05) is 18.9 Å². The lowest BCUT2D eigenvalue weighted by Gasteiger charge is -2.21. The maximum Gasteiger partial charge on any atom is 0.224 e. The number of aromatic nitrogens is 1. The van der Waals surface area contributed by atoms with E-state index in [1.165, 1.54) is 0 Å². The van der Waals surface area contributed by atoms with Gasteiger partial charge in [-0.25, -0.2) is 8.42 Å². The second-order valence-corrected chi connectivity index (χ2v) is 6.76. The summed E-state index contributed by atoms with van der Waals surface area (Å²) in [5.41, 5.74) is 0.956. The van der Waals surface area contributed by atoms with Crippen LogP contribution in [0.15, 0.2) is 24.5 Å². The second-order valence-electron chi connectivity index (χ2n) is 4.53. The summed E-state index contributed by atoms with van der Waals surface area (Å²) in [5, 5.41) is 2.78. The Bertz CT molecular complexity index is 513. The van der Waals surface area contributed by atoms with Crippen molar-refractivity contribution in [3.63, 3.8) is 0 Å². The maximum absolute atomic E-state index is 11.9. The van der Waals surface area contributed by atoms with Crippen molar-refractivity contribution in [1.29, 1.82) is 0 Å². The van der Waals surface area contributed by atoms with Crippen molar-refractivity contribution in [2.75, 3.05) is 11.5 Å². The third kappa shape index (κ3) is 3.53. The van der Waals surface area contributed by atoms with Crippen molar-refractivity contribution in [3.05, 3.63) is 30.1 Å². The molecule has 1 atom stereocenters. The molecule has 0 aromatic carbocycles. The summed E-state index contributed by atoms with van der Waals surface area (Å²) in [5.74, 6) is -0.378. The van der Waals surface area contributed by atoms with Gasteiger partial charge in [0.2, 0.25) is 5.91 Å². The number of rotatable bonds is 3. The summed E-state index contributed by atoms with van der Waals surface area (Å²) >= 11 is 0. The lowest BCUT2D eigenvalue weighted by Crippen LogP contribution is -2.37. The number of sulfone groups is 1. The molecule has 0 bridgehead atoms. The van der Waals surface area contributed by atoms with Gasteiger partial charge in [0.1, 0.15) is 0 Å². The molecule has 1 saturated heterocycles. The molecule has 1 aliphatic heterocycles. The molecule has 6 heteroatoms. The molecule has 1 fully saturated rings. The number of amides is 1. The summed E-state index contributed by atoms with van der Waals surface area (Å²) in [6.07, 6.45) is 4.55. The number of nitrogens with one attached hydrogen (secondary N) is 1. The standard InChI is InChI=1S/C12H16N2O3S/c15-12(11-2-1-7-18(16,17)9-11)14-8-10-3-5-13-6-4-10/h3-6,11H,1-2,7-9H2,(H,14,15). The number of nitrogens with zero attached hydrogens (tertiary/aromatic N) is 1. The average molecular weight is 268 g/mol. The van der Waals surface area contributed by atoms with Crippen LogP contribution in [-0.2, 0) is 21.2 Å². The summed E-state index contributed by atoms with van der Waals surface area (Å²) in [4.78, 5) is 15.8. The number of pyridine rings is 1. The molecule has 1 amide bonds.